The summed E-state index contributed by atoms with van der Waals surface area (Å²) < 4.78 is 45.2. The Labute approximate surface area is 260 Å². The highest BCUT2D eigenvalue weighted by atomic mass is 35.5. The topological polar surface area (TPSA) is 107 Å². The van der Waals surface area contributed by atoms with E-state index >= 15 is 0 Å². The Bertz CT molecular complexity index is 1700. The number of carbonyl (C=O) groups is 1. The number of carbonyl (C=O) groups excluding carboxylic acids is 1. The standard InChI is InChI=1S/C31H29Cl2N3O6S/c1-3-41-30-17-22(12-14-29(30)42-21-23-8-7-9-24(32)16-23)19-34-35-31(37)20-36(27-18-25(33)13-15-28(27)40-2)43(38,39)26-10-5-4-6-11-26/h4-19H,3,20-21H2,1-2H3,(H,35,37)/b34-19-. The summed E-state index contributed by atoms with van der Waals surface area (Å²) in [7, 11) is -2.78. The van der Waals surface area contributed by atoms with Crippen molar-refractivity contribution in [3.05, 3.63) is 112 Å². The highest BCUT2D eigenvalue weighted by Gasteiger charge is 2.29. The van der Waals surface area contributed by atoms with E-state index in [0.29, 0.717) is 35.3 Å². The monoisotopic (exact) mass is 641 g/mol. The summed E-state index contributed by atoms with van der Waals surface area (Å²) in [6.07, 6.45) is 1.41. The molecule has 0 unspecified atom stereocenters. The maximum atomic E-state index is 13.6. The van der Waals surface area contributed by atoms with Crippen molar-refractivity contribution in [1.29, 1.82) is 0 Å². The van der Waals surface area contributed by atoms with Crippen molar-refractivity contribution < 1.29 is 27.4 Å². The number of hydrazone groups is 1. The molecule has 0 aliphatic rings. The molecule has 4 aromatic rings. The molecule has 0 spiro atoms. The zero-order valence-electron chi connectivity index (χ0n) is 23.4. The second-order valence-electron chi connectivity index (χ2n) is 8.99. The highest BCUT2D eigenvalue weighted by molar-refractivity contribution is 7.92. The quantitative estimate of drug-likeness (QED) is 0.135. The van der Waals surface area contributed by atoms with Crippen LogP contribution in [0.5, 0.6) is 17.2 Å². The van der Waals surface area contributed by atoms with Crippen molar-refractivity contribution in [2.75, 3.05) is 24.6 Å². The number of ether oxygens (including phenoxy) is 3. The first-order chi connectivity index (χ1) is 20.7. The van der Waals surface area contributed by atoms with Gasteiger partial charge in [-0.3, -0.25) is 9.10 Å². The van der Waals surface area contributed by atoms with Gasteiger partial charge in [0.05, 0.1) is 30.5 Å². The number of nitrogens with zero attached hydrogens (tertiary/aromatic N) is 2. The fourth-order valence-corrected chi connectivity index (χ4v) is 5.83. The molecular weight excluding hydrogens is 613 g/mol. The van der Waals surface area contributed by atoms with Gasteiger partial charge in [-0.1, -0.05) is 53.5 Å². The predicted molar refractivity (Wildman–Crippen MR) is 168 cm³/mol. The Balaban J connectivity index is 1.50. The molecule has 0 aliphatic carbocycles. The molecule has 43 heavy (non-hydrogen) atoms. The Morgan fingerprint density at radius 3 is 2.35 bits per heavy atom. The molecule has 9 nitrogen and oxygen atoms in total. The first kappa shape index (κ1) is 31.7. The number of amides is 1. The third kappa shape index (κ3) is 8.41. The van der Waals surface area contributed by atoms with E-state index in [-0.39, 0.29) is 21.4 Å². The van der Waals surface area contributed by atoms with Crippen LogP contribution in [0.4, 0.5) is 5.69 Å². The molecule has 0 saturated carbocycles. The van der Waals surface area contributed by atoms with Crippen LogP contribution in [0.2, 0.25) is 10.0 Å². The van der Waals surface area contributed by atoms with E-state index in [4.69, 9.17) is 37.4 Å². The summed E-state index contributed by atoms with van der Waals surface area (Å²) >= 11 is 12.2. The average Bonchev–Trinajstić information content (AvgIpc) is 3.00. The van der Waals surface area contributed by atoms with Crippen LogP contribution in [0.15, 0.2) is 101 Å². The minimum absolute atomic E-state index is 0.00514. The molecule has 0 fully saturated rings. The van der Waals surface area contributed by atoms with Crippen molar-refractivity contribution in [2.45, 2.75) is 18.4 Å². The number of methoxy groups -OCH3 is 1. The molecule has 0 atom stereocenters. The zero-order chi connectivity index (χ0) is 30.8. The van der Waals surface area contributed by atoms with Gasteiger partial charge in [0.25, 0.3) is 15.9 Å². The number of nitrogens with one attached hydrogen (secondary N) is 1. The molecule has 1 N–H and O–H groups in total. The van der Waals surface area contributed by atoms with Crippen LogP contribution in [0.25, 0.3) is 0 Å². The molecule has 4 rings (SSSR count). The number of rotatable bonds is 13. The highest BCUT2D eigenvalue weighted by Crippen LogP contribution is 2.35. The first-order valence-electron chi connectivity index (χ1n) is 13.1. The van der Waals surface area contributed by atoms with Gasteiger partial charge < -0.3 is 14.2 Å². The van der Waals surface area contributed by atoms with Gasteiger partial charge >= 0.3 is 0 Å². The number of sulfonamides is 1. The smallest absolute Gasteiger partial charge is 0.264 e. The average molecular weight is 643 g/mol. The molecule has 0 aliphatic heterocycles. The molecule has 0 saturated heterocycles. The van der Waals surface area contributed by atoms with Gasteiger partial charge in [-0.2, -0.15) is 5.10 Å². The molecule has 4 aromatic carbocycles. The van der Waals surface area contributed by atoms with E-state index in [1.807, 2.05) is 25.1 Å². The number of hydrogen-bond donors (Lipinski definition) is 1. The van der Waals surface area contributed by atoms with Crippen molar-refractivity contribution in [1.82, 2.24) is 5.43 Å². The van der Waals surface area contributed by atoms with Gasteiger partial charge in [-0.15, -0.1) is 0 Å². The molecule has 0 radical (unpaired) electrons. The van der Waals surface area contributed by atoms with Gasteiger partial charge in [-0.25, -0.2) is 13.8 Å². The third-order valence-electron chi connectivity index (χ3n) is 5.98. The Kier molecular flexibility index (Phi) is 10.9. The molecule has 0 aromatic heterocycles. The van der Waals surface area contributed by atoms with Crippen LogP contribution in [0, 0.1) is 0 Å². The van der Waals surface area contributed by atoms with Gasteiger partial charge in [0.2, 0.25) is 0 Å². The molecule has 12 heteroatoms. The first-order valence-corrected chi connectivity index (χ1v) is 15.3. The number of benzene rings is 4. The van der Waals surface area contributed by atoms with Crippen LogP contribution in [-0.4, -0.2) is 40.8 Å². The third-order valence-corrected chi connectivity index (χ3v) is 8.23. The summed E-state index contributed by atoms with van der Waals surface area (Å²) in [5.74, 6) is 0.554. The number of halogens is 2. The normalized spacial score (nSPS) is 11.3. The van der Waals surface area contributed by atoms with E-state index in [9.17, 15) is 13.2 Å². The van der Waals surface area contributed by atoms with Crippen molar-refractivity contribution in [3.8, 4) is 17.2 Å². The van der Waals surface area contributed by atoms with E-state index in [2.05, 4.69) is 10.5 Å². The lowest BCUT2D eigenvalue weighted by atomic mass is 10.2. The molecule has 224 valence electrons. The van der Waals surface area contributed by atoms with Gasteiger partial charge in [-0.05, 0) is 78.7 Å². The lowest BCUT2D eigenvalue weighted by molar-refractivity contribution is -0.119. The largest absolute Gasteiger partial charge is 0.495 e. The minimum Gasteiger partial charge on any atom is -0.495 e. The van der Waals surface area contributed by atoms with Gasteiger partial charge in [0.1, 0.15) is 18.9 Å². The van der Waals surface area contributed by atoms with Crippen molar-refractivity contribution in [2.24, 2.45) is 5.10 Å². The molecule has 0 bridgehead atoms. The lowest BCUT2D eigenvalue weighted by Gasteiger charge is -2.25. The van der Waals surface area contributed by atoms with Crippen LogP contribution in [-0.2, 0) is 21.4 Å². The Morgan fingerprint density at radius 2 is 1.63 bits per heavy atom. The maximum Gasteiger partial charge on any atom is 0.264 e. The van der Waals surface area contributed by atoms with Gasteiger partial charge in [0, 0.05) is 10.0 Å². The van der Waals surface area contributed by atoms with Crippen molar-refractivity contribution >= 4 is 51.0 Å². The number of hydrogen-bond acceptors (Lipinski definition) is 7. The molecule has 1 amide bonds. The van der Waals surface area contributed by atoms with E-state index in [1.165, 1.54) is 37.6 Å². The summed E-state index contributed by atoms with van der Waals surface area (Å²) in [6, 6.07) is 24.8. The van der Waals surface area contributed by atoms with Crippen LogP contribution < -0.4 is 23.9 Å². The van der Waals surface area contributed by atoms with E-state index in [0.717, 1.165) is 9.87 Å². The van der Waals surface area contributed by atoms with E-state index < -0.39 is 22.5 Å². The number of anilines is 1. The van der Waals surface area contributed by atoms with Crippen LogP contribution >= 0.6 is 23.2 Å². The summed E-state index contributed by atoms with van der Waals surface area (Å²) in [4.78, 5) is 13.0. The SMILES string of the molecule is CCOc1cc(/C=N\NC(=O)CN(c2cc(Cl)ccc2OC)S(=O)(=O)c2ccccc2)ccc1OCc1cccc(Cl)c1. The predicted octanol–water partition coefficient (Wildman–Crippen LogP) is 6.33. The lowest BCUT2D eigenvalue weighted by Crippen LogP contribution is -2.39. The zero-order valence-corrected chi connectivity index (χ0v) is 25.7. The second kappa shape index (κ2) is 14.8. The Hall–Kier alpha value is -4.25. The van der Waals surface area contributed by atoms with Crippen LogP contribution in [0.1, 0.15) is 18.1 Å². The maximum absolute atomic E-state index is 13.6. The summed E-state index contributed by atoms with van der Waals surface area (Å²) in [5.41, 5.74) is 4.02. The fourth-order valence-electron chi connectivity index (χ4n) is 4.00. The Morgan fingerprint density at radius 1 is 0.884 bits per heavy atom. The minimum atomic E-state index is -4.18. The summed E-state index contributed by atoms with van der Waals surface area (Å²) in [5, 5.41) is 4.91. The fraction of sp³-hybridized carbons (Fsp3) is 0.161. The second-order valence-corrected chi connectivity index (χ2v) is 11.7. The van der Waals surface area contributed by atoms with Crippen molar-refractivity contribution in [3.63, 3.8) is 0 Å². The summed E-state index contributed by atoms with van der Waals surface area (Å²) in [6.45, 7) is 1.96. The van der Waals surface area contributed by atoms with Gasteiger partial charge in [0.15, 0.2) is 11.5 Å². The van der Waals surface area contributed by atoms with Crippen LogP contribution in [0.3, 0.4) is 0 Å². The molecule has 0 heterocycles. The molecular formula is C31H29Cl2N3O6S. The van der Waals surface area contributed by atoms with E-state index in [1.54, 1.807) is 48.5 Å².